The number of benzene rings is 2. The summed E-state index contributed by atoms with van der Waals surface area (Å²) in [5.74, 6) is -0.166. The van der Waals surface area contributed by atoms with Crippen LogP contribution in [0.15, 0.2) is 48.5 Å². The molecule has 2 aromatic rings. The predicted octanol–water partition coefficient (Wildman–Crippen LogP) is 3.71. The third kappa shape index (κ3) is 5.11. The lowest BCUT2D eigenvalue weighted by Gasteiger charge is -2.62. The van der Waals surface area contributed by atoms with Crippen molar-refractivity contribution in [2.45, 2.75) is 71.4 Å². The zero-order valence-corrected chi connectivity index (χ0v) is 23.1. The van der Waals surface area contributed by atoms with Crippen LogP contribution in [0.25, 0.3) is 11.1 Å². The lowest BCUT2D eigenvalue weighted by molar-refractivity contribution is -0.183. The minimum Gasteiger partial charge on any atom is -0.478 e. The molecule has 1 aliphatic heterocycles. The number of carboxylic acids is 1. The molecule has 3 saturated carbocycles. The first-order valence-electron chi connectivity index (χ1n) is 14.0. The number of carboxylic acid groups (broad SMARTS) is 1. The highest BCUT2D eigenvalue weighted by atomic mass is 16.7. The van der Waals surface area contributed by atoms with Gasteiger partial charge < -0.3 is 20.6 Å². The third-order valence-corrected chi connectivity index (χ3v) is 9.79. The molecule has 210 valence electrons. The Morgan fingerprint density at radius 3 is 2.44 bits per heavy atom. The summed E-state index contributed by atoms with van der Waals surface area (Å²) >= 11 is 0. The summed E-state index contributed by atoms with van der Waals surface area (Å²) in [6.45, 7) is 8.52. The van der Waals surface area contributed by atoms with Crippen LogP contribution in [0.3, 0.4) is 0 Å². The highest BCUT2D eigenvalue weighted by Crippen LogP contribution is 2.61. The Kier molecular flexibility index (Phi) is 7.59. The molecule has 0 aromatic heterocycles. The van der Waals surface area contributed by atoms with Crippen molar-refractivity contribution >= 4 is 11.9 Å². The van der Waals surface area contributed by atoms with E-state index in [4.69, 9.17) is 4.84 Å². The second-order valence-corrected chi connectivity index (χ2v) is 12.3. The van der Waals surface area contributed by atoms with Crippen LogP contribution >= 0.6 is 0 Å². The number of aromatic carboxylic acids is 1. The Labute approximate surface area is 229 Å². The van der Waals surface area contributed by atoms with Crippen LogP contribution in [0.5, 0.6) is 0 Å². The lowest BCUT2D eigenvalue weighted by atomic mass is 9.45. The zero-order valence-electron chi connectivity index (χ0n) is 23.1. The van der Waals surface area contributed by atoms with Crippen LogP contribution in [0, 0.1) is 29.1 Å². The van der Waals surface area contributed by atoms with Gasteiger partial charge in [-0.25, -0.2) is 4.79 Å². The molecule has 8 atom stereocenters. The van der Waals surface area contributed by atoms with Gasteiger partial charge in [-0.15, -0.1) is 0 Å². The number of nitrogens with zero attached hydrogens (tertiary/aromatic N) is 1. The Morgan fingerprint density at radius 2 is 1.85 bits per heavy atom. The molecular weight excluding hydrogens is 496 g/mol. The predicted molar refractivity (Wildman–Crippen MR) is 146 cm³/mol. The molecular formula is C31H40N2O6. The van der Waals surface area contributed by atoms with E-state index in [0.717, 1.165) is 23.1 Å². The molecule has 2 bridgehead atoms. The van der Waals surface area contributed by atoms with E-state index < -0.39 is 30.1 Å². The SMILES string of the molecule is CC1[C@@H](NC(=O)[C@@H]2[C@H]([C@H](C)O)C(CO)ON2Cc2cccc(-c3ccc(C(=O)O)cc3)c2)C[C@H]2C[C@@H]1C2(C)C. The number of amides is 1. The van der Waals surface area contributed by atoms with E-state index in [2.05, 4.69) is 26.1 Å². The molecule has 0 radical (unpaired) electrons. The van der Waals surface area contributed by atoms with Crippen LogP contribution < -0.4 is 5.32 Å². The number of aliphatic hydroxyl groups is 2. The van der Waals surface area contributed by atoms with Crippen LogP contribution in [-0.2, 0) is 16.2 Å². The van der Waals surface area contributed by atoms with Crippen LogP contribution in [0.1, 0.15) is 56.5 Å². The van der Waals surface area contributed by atoms with Crippen LogP contribution in [-0.4, -0.2) is 63.2 Å². The molecule has 0 spiro atoms. The zero-order chi connectivity index (χ0) is 28.1. The van der Waals surface area contributed by atoms with Gasteiger partial charge in [-0.1, -0.05) is 51.1 Å². The van der Waals surface area contributed by atoms with Crippen molar-refractivity contribution < 1.29 is 29.7 Å². The monoisotopic (exact) mass is 536 g/mol. The van der Waals surface area contributed by atoms with E-state index in [-0.39, 0.29) is 30.7 Å². The van der Waals surface area contributed by atoms with Crippen molar-refractivity contribution in [1.29, 1.82) is 0 Å². The highest BCUT2D eigenvalue weighted by molar-refractivity contribution is 5.88. The fourth-order valence-electron chi connectivity index (χ4n) is 7.32. The highest BCUT2D eigenvalue weighted by Gasteiger charge is 2.57. The second kappa shape index (κ2) is 10.7. The van der Waals surface area contributed by atoms with Crippen molar-refractivity contribution in [2.24, 2.45) is 29.1 Å². The quantitative estimate of drug-likeness (QED) is 0.406. The molecule has 8 heteroatoms. The number of nitrogens with one attached hydrogen (secondary N) is 1. The van der Waals surface area contributed by atoms with Gasteiger partial charge in [-0.05, 0) is 77.8 Å². The molecule has 1 amide bonds. The number of rotatable bonds is 8. The third-order valence-electron chi connectivity index (χ3n) is 9.79. The summed E-state index contributed by atoms with van der Waals surface area (Å²) in [6.07, 6.45) is 0.633. The normalized spacial score (nSPS) is 32.3. The van der Waals surface area contributed by atoms with E-state index in [9.17, 15) is 24.9 Å². The maximum absolute atomic E-state index is 13.8. The Hall–Kier alpha value is -2.78. The molecule has 4 aliphatic rings. The lowest BCUT2D eigenvalue weighted by Crippen LogP contribution is -2.62. The van der Waals surface area contributed by atoms with Crippen molar-refractivity contribution in [3.63, 3.8) is 0 Å². The molecule has 6 rings (SSSR count). The Morgan fingerprint density at radius 1 is 1.13 bits per heavy atom. The Bertz CT molecular complexity index is 1210. The van der Waals surface area contributed by atoms with Gasteiger partial charge in [-0.2, -0.15) is 5.06 Å². The van der Waals surface area contributed by atoms with Crippen LogP contribution in [0.4, 0.5) is 0 Å². The van der Waals surface area contributed by atoms with Gasteiger partial charge in [0.2, 0.25) is 5.91 Å². The first kappa shape index (κ1) is 27.8. The molecule has 1 saturated heterocycles. The molecule has 8 nitrogen and oxygen atoms in total. The summed E-state index contributed by atoms with van der Waals surface area (Å²) in [5, 5.41) is 34.8. The molecule has 4 N–H and O–H groups in total. The van der Waals surface area contributed by atoms with E-state index >= 15 is 0 Å². The largest absolute Gasteiger partial charge is 0.478 e. The fraction of sp³-hybridized carbons (Fsp3) is 0.548. The maximum Gasteiger partial charge on any atom is 0.335 e. The van der Waals surface area contributed by atoms with Gasteiger partial charge in [0.15, 0.2) is 0 Å². The number of aliphatic hydroxyl groups excluding tert-OH is 2. The minimum absolute atomic E-state index is 0.0797. The molecule has 1 heterocycles. The smallest absolute Gasteiger partial charge is 0.335 e. The molecule has 4 fully saturated rings. The summed E-state index contributed by atoms with van der Waals surface area (Å²) in [5.41, 5.74) is 3.22. The summed E-state index contributed by atoms with van der Waals surface area (Å²) < 4.78 is 0. The van der Waals surface area contributed by atoms with E-state index in [1.165, 1.54) is 6.42 Å². The van der Waals surface area contributed by atoms with Gasteiger partial charge in [0.05, 0.1) is 24.8 Å². The average molecular weight is 537 g/mol. The Balaban J connectivity index is 1.36. The number of carbonyl (C=O) groups is 2. The van der Waals surface area contributed by atoms with Crippen molar-refractivity contribution in [3.05, 3.63) is 59.7 Å². The van der Waals surface area contributed by atoms with Gasteiger partial charge in [0.25, 0.3) is 0 Å². The van der Waals surface area contributed by atoms with Gasteiger partial charge in [0.1, 0.15) is 12.1 Å². The molecule has 39 heavy (non-hydrogen) atoms. The first-order valence-corrected chi connectivity index (χ1v) is 14.0. The first-order chi connectivity index (χ1) is 18.5. The standard InChI is InChI=1S/C31H40N2O6/c1-17-24-13-23(31(24,3)4)14-25(17)32-29(36)28-27(18(2)35)26(16-34)39-33(28)15-19-6-5-7-22(12-19)20-8-10-21(11-9-20)30(37)38/h5-12,17-18,23-28,34-35H,13-16H2,1-4H3,(H,32,36)(H,37,38)/t17?,18-,23+,24-,25-,26?,27+,28-/m0/s1. The molecule has 2 aromatic carbocycles. The maximum atomic E-state index is 13.8. The van der Waals surface area contributed by atoms with Crippen molar-refractivity contribution in [2.75, 3.05) is 6.61 Å². The topological polar surface area (TPSA) is 119 Å². The van der Waals surface area contributed by atoms with Crippen molar-refractivity contribution in [1.82, 2.24) is 10.4 Å². The average Bonchev–Trinajstić information content (AvgIpc) is 3.28. The number of hydrogen-bond acceptors (Lipinski definition) is 6. The fourth-order valence-corrected chi connectivity index (χ4v) is 7.32. The number of hydroxylamine groups is 2. The second-order valence-electron chi connectivity index (χ2n) is 12.3. The molecule has 2 unspecified atom stereocenters. The summed E-state index contributed by atoms with van der Waals surface area (Å²) in [4.78, 5) is 31.1. The minimum atomic E-state index is -0.972. The van der Waals surface area contributed by atoms with Gasteiger partial charge in [0, 0.05) is 12.0 Å². The van der Waals surface area contributed by atoms with Crippen molar-refractivity contribution in [3.8, 4) is 11.1 Å². The van der Waals surface area contributed by atoms with Gasteiger partial charge >= 0.3 is 5.97 Å². The van der Waals surface area contributed by atoms with Gasteiger partial charge in [-0.3, -0.25) is 9.63 Å². The number of hydrogen-bond donors (Lipinski definition) is 4. The summed E-state index contributed by atoms with van der Waals surface area (Å²) in [7, 11) is 0. The van der Waals surface area contributed by atoms with E-state index in [1.54, 1.807) is 36.3 Å². The molecule has 3 aliphatic carbocycles. The number of fused-ring (bicyclic) bond motifs is 2. The number of carbonyl (C=O) groups excluding carboxylic acids is 1. The summed E-state index contributed by atoms with van der Waals surface area (Å²) in [6, 6.07) is 13.8. The van der Waals surface area contributed by atoms with E-state index in [0.29, 0.717) is 23.2 Å². The van der Waals surface area contributed by atoms with E-state index in [1.807, 2.05) is 24.3 Å². The van der Waals surface area contributed by atoms with Crippen LogP contribution in [0.2, 0.25) is 0 Å².